The van der Waals surface area contributed by atoms with Crippen LogP contribution in [0, 0.1) is 13.8 Å². The molecule has 1 aromatic carbocycles. The van der Waals surface area contributed by atoms with E-state index in [4.69, 9.17) is 5.73 Å². The van der Waals surface area contributed by atoms with E-state index in [-0.39, 0.29) is 0 Å². The molecular formula is C15H15N3. The van der Waals surface area contributed by atoms with Gasteiger partial charge in [-0.3, -0.25) is 4.40 Å². The number of aromatic nitrogens is 2. The minimum atomic E-state index is 0.692. The molecule has 3 heteroatoms. The van der Waals surface area contributed by atoms with E-state index in [2.05, 4.69) is 36.2 Å². The Morgan fingerprint density at radius 2 is 1.61 bits per heavy atom. The van der Waals surface area contributed by atoms with Crippen LogP contribution in [-0.4, -0.2) is 9.38 Å². The van der Waals surface area contributed by atoms with E-state index in [1.54, 1.807) is 0 Å². The van der Waals surface area contributed by atoms with Crippen molar-refractivity contribution in [3.63, 3.8) is 0 Å². The zero-order chi connectivity index (χ0) is 12.7. The van der Waals surface area contributed by atoms with Gasteiger partial charge in [-0.15, -0.1) is 0 Å². The number of nitrogens with two attached hydrogens (primary N) is 1. The summed E-state index contributed by atoms with van der Waals surface area (Å²) in [5, 5.41) is 0. The van der Waals surface area contributed by atoms with Gasteiger partial charge in [0.15, 0.2) is 0 Å². The first-order valence-electron chi connectivity index (χ1n) is 5.96. The second-order valence-corrected chi connectivity index (χ2v) is 4.65. The molecule has 0 bridgehead atoms. The maximum atomic E-state index is 6.18. The van der Waals surface area contributed by atoms with Crippen LogP contribution in [0.4, 0.5) is 5.82 Å². The molecule has 0 aliphatic heterocycles. The van der Waals surface area contributed by atoms with Gasteiger partial charge >= 0.3 is 0 Å². The minimum absolute atomic E-state index is 0.692. The Morgan fingerprint density at radius 3 is 2.33 bits per heavy atom. The van der Waals surface area contributed by atoms with Gasteiger partial charge in [-0.2, -0.15) is 0 Å². The lowest BCUT2D eigenvalue weighted by Gasteiger charge is -2.00. The van der Waals surface area contributed by atoms with Crippen LogP contribution in [0.5, 0.6) is 0 Å². The minimum Gasteiger partial charge on any atom is -0.383 e. The number of nitrogens with zero attached hydrogens (tertiary/aromatic N) is 2. The van der Waals surface area contributed by atoms with Crippen LogP contribution in [0.2, 0.25) is 0 Å². The lowest BCUT2D eigenvalue weighted by atomic mass is 10.1. The third kappa shape index (κ3) is 1.64. The summed E-state index contributed by atoms with van der Waals surface area (Å²) in [6, 6.07) is 12.3. The highest BCUT2D eigenvalue weighted by Gasteiger charge is 2.10. The lowest BCUT2D eigenvalue weighted by molar-refractivity contribution is 1.16. The maximum absolute atomic E-state index is 6.18. The van der Waals surface area contributed by atoms with Crippen LogP contribution >= 0.6 is 0 Å². The molecule has 0 aliphatic carbocycles. The number of hydrogen-bond acceptors (Lipinski definition) is 2. The average Bonchev–Trinajstić information content (AvgIpc) is 2.68. The normalized spacial score (nSPS) is 11.0. The summed E-state index contributed by atoms with van der Waals surface area (Å²) < 4.78 is 1.94. The standard InChI is InChI=1S/C15H15N3/c1-10-3-6-12(7-4-10)14-15(16)18-9-11(2)5-8-13(18)17-14/h3-9H,16H2,1-2H3. The first kappa shape index (κ1) is 10.8. The van der Waals surface area contributed by atoms with Gasteiger partial charge < -0.3 is 5.73 Å². The summed E-state index contributed by atoms with van der Waals surface area (Å²) in [6.45, 7) is 4.12. The fourth-order valence-corrected chi connectivity index (χ4v) is 2.09. The van der Waals surface area contributed by atoms with Crippen molar-refractivity contribution in [2.45, 2.75) is 13.8 Å². The molecule has 2 heterocycles. The Kier molecular flexibility index (Phi) is 2.33. The average molecular weight is 237 g/mol. The summed E-state index contributed by atoms with van der Waals surface area (Å²) in [6.07, 6.45) is 2.01. The number of hydrogen-bond donors (Lipinski definition) is 1. The number of rotatable bonds is 1. The topological polar surface area (TPSA) is 43.3 Å². The summed E-state index contributed by atoms with van der Waals surface area (Å²) in [5.41, 5.74) is 11.4. The molecule has 2 N–H and O–H groups in total. The van der Waals surface area contributed by atoms with E-state index in [1.807, 2.05) is 29.7 Å². The summed E-state index contributed by atoms with van der Waals surface area (Å²) in [5.74, 6) is 0.692. The van der Waals surface area contributed by atoms with Crippen molar-refractivity contribution in [2.24, 2.45) is 0 Å². The van der Waals surface area contributed by atoms with Gasteiger partial charge in [0.2, 0.25) is 0 Å². The molecule has 0 atom stereocenters. The lowest BCUT2D eigenvalue weighted by Crippen LogP contribution is -1.94. The number of pyridine rings is 1. The fourth-order valence-electron chi connectivity index (χ4n) is 2.09. The zero-order valence-electron chi connectivity index (χ0n) is 10.5. The molecule has 3 nitrogen and oxygen atoms in total. The molecule has 0 saturated heterocycles. The van der Waals surface area contributed by atoms with Gasteiger partial charge in [0.25, 0.3) is 0 Å². The molecule has 0 spiro atoms. The van der Waals surface area contributed by atoms with Crippen molar-refractivity contribution < 1.29 is 0 Å². The van der Waals surface area contributed by atoms with E-state index in [9.17, 15) is 0 Å². The van der Waals surface area contributed by atoms with Gasteiger partial charge in [0.05, 0.1) is 0 Å². The Morgan fingerprint density at radius 1 is 0.944 bits per heavy atom. The van der Waals surface area contributed by atoms with Gasteiger partial charge in [0.1, 0.15) is 17.2 Å². The largest absolute Gasteiger partial charge is 0.383 e. The van der Waals surface area contributed by atoms with Crippen LogP contribution in [-0.2, 0) is 0 Å². The monoisotopic (exact) mass is 237 g/mol. The molecule has 3 rings (SSSR count). The van der Waals surface area contributed by atoms with E-state index in [1.165, 1.54) is 11.1 Å². The van der Waals surface area contributed by atoms with Crippen molar-refractivity contribution in [2.75, 3.05) is 5.73 Å². The summed E-state index contributed by atoms with van der Waals surface area (Å²) >= 11 is 0. The van der Waals surface area contributed by atoms with Crippen LogP contribution in [0.1, 0.15) is 11.1 Å². The molecule has 0 amide bonds. The number of benzene rings is 1. The van der Waals surface area contributed by atoms with Crippen LogP contribution in [0.15, 0.2) is 42.6 Å². The second-order valence-electron chi connectivity index (χ2n) is 4.65. The van der Waals surface area contributed by atoms with Crippen LogP contribution < -0.4 is 5.73 Å². The number of anilines is 1. The van der Waals surface area contributed by atoms with E-state index in [0.717, 1.165) is 16.9 Å². The number of aryl methyl sites for hydroxylation is 2. The summed E-state index contributed by atoms with van der Waals surface area (Å²) in [4.78, 5) is 4.59. The van der Waals surface area contributed by atoms with Crippen molar-refractivity contribution in [1.82, 2.24) is 9.38 Å². The molecule has 0 unspecified atom stereocenters. The first-order valence-corrected chi connectivity index (χ1v) is 5.96. The van der Waals surface area contributed by atoms with Gasteiger partial charge in [0, 0.05) is 11.8 Å². The molecule has 3 aromatic rings. The van der Waals surface area contributed by atoms with E-state index < -0.39 is 0 Å². The Bertz CT molecular complexity index is 708. The number of nitrogen functional groups attached to an aromatic ring is 1. The Labute approximate surface area is 106 Å². The van der Waals surface area contributed by atoms with E-state index in [0.29, 0.717) is 5.82 Å². The highest BCUT2D eigenvalue weighted by molar-refractivity contribution is 5.75. The molecular weight excluding hydrogens is 222 g/mol. The number of imidazole rings is 1. The third-order valence-electron chi connectivity index (χ3n) is 3.13. The molecule has 0 radical (unpaired) electrons. The Hall–Kier alpha value is -2.29. The molecule has 0 saturated carbocycles. The van der Waals surface area contributed by atoms with Gasteiger partial charge in [-0.05, 0) is 25.5 Å². The quantitative estimate of drug-likeness (QED) is 0.706. The first-order chi connectivity index (χ1) is 8.65. The van der Waals surface area contributed by atoms with Crippen molar-refractivity contribution in [3.8, 4) is 11.3 Å². The summed E-state index contributed by atoms with van der Waals surface area (Å²) in [7, 11) is 0. The predicted octanol–water partition coefficient (Wildman–Crippen LogP) is 3.20. The molecule has 0 aliphatic rings. The maximum Gasteiger partial charge on any atom is 0.139 e. The van der Waals surface area contributed by atoms with Crippen LogP contribution in [0.25, 0.3) is 16.9 Å². The van der Waals surface area contributed by atoms with Crippen LogP contribution in [0.3, 0.4) is 0 Å². The highest BCUT2D eigenvalue weighted by Crippen LogP contribution is 2.26. The molecule has 90 valence electrons. The molecule has 2 aromatic heterocycles. The van der Waals surface area contributed by atoms with Crippen molar-refractivity contribution in [3.05, 3.63) is 53.7 Å². The van der Waals surface area contributed by atoms with Crippen molar-refractivity contribution in [1.29, 1.82) is 0 Å². The smallest absolute Gasteiger partial charge is 0.139 e. The highest BCUT2D eigenvalue weighted by atomic mass is 15.1. The molecule has 0 fully saturated rings. The number of fused-ring (bicyclic) bond motifs is 1. The Balaban J connectivity index is 2.23. The second kappa shape index (κ2) is 3.88. The zero-order valence-corrected chi connectivity index (χ0v) is 10.5. The van der Waals surface area contributed by atoms with E-state index >= 15 is 0 Å². The van der Waals surface area contributed by atoms with Gasteiger partial charge in [-0.25, -0.2) is 4.98 Å². The predicted molar refractivity (Wildman–Crippen MR) is 74.5 cm³/mol. The van der Waals surface area contributed by atoms with Gasteiger partial charge in [-0.1, -0.05) is 35.9 Å². The third-order valence-corrected chi connectivity index (χ3v) is 3.13. The SMILES string of the molecule is Cc1ccc(-c2nc3ccc(C)cn3c2N)cc1. The fraction of sp³-hybridized carbons (Fsp3) is 0.133. The molecule has 18 heavy (non-hydrogen) atoms. The van der Waals surface area contributed by atoms with Crippen molar-refractivity contribution >= 4 is 11.5 Å².